The van der Waals surface area contributed by atoms with E-state index in [1.807, 2.05) is 6.20 Å². The average molecular weight is 284 g/mol. The van der Waals surface area contributed by atoms with E-state index in [4.69, 9.17) is 0 Å². The third-order valence-electron chi connectivity index (χ3n) is 4.35. The Labute approximate surface area is 126 Å². The molecule has 0 saturated carbocycles. The van der Waals surface area contributed by atoms with Crippen molar-refractivity contribution >= 4 is 0 Å². The molecule has 0 aliphatic carbocycles. The topological polar surface area (TPSA) is 44.0 Å². The van der Waals surface area contributed by atoms with E-state index in [0.29, 0.717) is 6.04 Å². The van der Waals surface area contributed by atoms with Gasteiger partial charge in [-0.3, -0.25) is 10.00 Å². The molecule has 1 aliphatic heterocycles. The van der Waals surface area contributed by atoms with Crippen molar-refractivity contribution in [3.63, 3.8) is 0 Å². The quantitative estimate of drug-likeness (QED) is 0.857. The smallest absolute Gasteiger partial charge is 0.0535 e. The largest absolute Gasteiger partial charge is 0.311 e. The summed E-state index contributed by atoms with van der Waals surface area (Å²) in [6, 6.07) is 11.3. The number of aryl methyl sites for hydroxylation is 1. The third-order valence-corrected chi connectivity index (χ3v) is 4.35. The molecule has 3 rings (SSSR count). The van der Waals surface area contributed by atoms with E-state index in [1.165, 1.54) is 37.1 Å². The lowest BCUT2D eigenvalue weighted by atomic mass is 10.1. The van der Waals surface area contributed by atoms with Crippen molar-refractivity contribution < 1.29 is 0 Å². The number of aromatic amines is 1. The van der Waals surface area contributed by atoms with E-state index in [-0.39, 0.29) is 0 Å². The van der Waals surface area contributed by atoms with Crippen molar-refractivity contribution in [3.8, 4) is 0 Å². The molecule has 2 aromatic rings. The second-order valence-corrected chi connectivity index (χ2v) is 5.82. The van der Waals surface area contributed by atoms with Gasteiger partial charge in [-0.15, -0.1) is 0 Å². The molecule has 112 valence electrons. The summed E-state index contributed by atoms with van der Waals surface area (Å²) in [6.07, 6.45) is 4.56. The molecule has 1 saturated heterocycles. The summed E-state index contributed by atoms with van der Waals surface area (Å²) in [5.74, 6) is 0. The van der Waals surface area contributed by atoms with E-state index >= 15 is 0 Å². The molecule has 1 aliphatic rings. The van der Waals surface area contributed by atoms with E-state index in [1.54, 1.807) is 0 Å². The number of benzene rings is 1. The van der Waals surface area contributed by atoms with Crippen LogP contribution in [0.25, 0.3) is 0 Å². The highest BCUT2D eigenvalue weighted by molar-refractivity contribution is 5.20. The highest BCUT2D eigenvalue weighted by Crippen LogP contribution is 2.24. The Bertz CT molecular complexity index is 543. The first-order valence-electron chi connectivity index (χ1n) is 7.83. The number of likely N-dealkylation sites (tertiary alicyclic amines) is 1. The average Bonchev–Trinajstić information content (AvgIpc) is 3.17. The Balaban J connectivity index is 1.63. The molecule has 4 nitrogen and oxygen atoms in total. The van der Waals surface area contributed by atoms with Crippen LogP contribution >= 0.6 is 0 Å². The zero-order valence-electron chi connectivity index (χ0n) is 12.7. The van der Waals surface area contributed by atoms with Gasteiger partial charge in [0.2, 0.25) is 0 Å². The highest BCUT2D eigenvalue weighted by atomic mass is 15.2. The number of hydrogen-bond acceptors (Lipinski definition) is 3. The van der Waals surface area contributed by atoms with Gasteiger partial charge in [-0.25, -0.2) is 0 Å². The van der Waals surface area contributed by atoms with Crippen LogP contribution in [0, 0.1) is 6.92 Å². The van der Waals surface area contributed by atoms with Crippen molar-refractivity contribution in [3.05, 3.63) is 53.3 Å². The number of aromatic nitrogens is 2. The van der Waals surface area contributed by atoms with Gasteiger partial charge < -0.3 is 5.32 Å². The van der Waals surface area contributed by atoms with Crippen LogP contribution in [0.5, 0.6) is 0 Å². The third kappa shape index (κ3) is 3.52. The molecule has 0 radical (unpaired) electrons. The molecule has 2 N–H and O–H groups in total. The fourth-order valence-corrected chi connectivity index (χ4v) is 3.08. The van der Waals surface area contributed by atoms with Gasteiger partial charge in [0.1, 0.15) is 0 Å². The number of rotatable bonds is 6. The first-order valence-corrected chi connectivity index (χ1v) is 7.83. The minimum absolute atomic E-state index is 0.473. The Morgan fingerprint density at radius 1 is 1.24 bits per heavy atom. The molecular formula is C17H24N4. The van der Waals surface area contributed by atoms with Gasteiger partial charge >= 0.3 is 0 Å². The fourth-order valence-electron chi connectivity index (χ4n) is 3.08. The molecule has 1 aromatic carbocycles. The molecule has 0 unspecified atom stereocenters. The van der Waals surface area contributed by atoms with Gasteiger partial charge in [0.15, 0.2) is 0 Å². The predicted octanol–water partition coefficient (Wildman–Crippen LogP) is 2.64. The number of nitrogens with one attached hydrogen (secondary N) is 2. The monoisotopic (exact) mass is 284 g/mol. The summed E-state index contributed by atoms with van der Waals surface area (Å²) in [7, 11) is 0. The second kappa shape index (κ2) is 6.87. The molecule has 21 heavy (non-hydrogen) atoms. The summed E-state index contributed by atoms with van der Waals surface area (Å²) in [5, 5.41) is 10.7. The molecule has 0 amide bonds. The van der Waals surface area contributed by atoms with Gasteiger partial charge in [0.05, 0.1) is 6.20 Å². The van der Waals surface area contributed by atoms with Crippen LogP contribution in [0.15, 0.2) is 36.5 Å². The van der Waals surface area contributed by atoms with E-state index < -0.39 is 0 Å². The van der Waals surface area contributed by atoms with Crippen molar-refractivity contribution in [1.82, 2.24) is 20.4 Å². The second-order valence-electron chi connectivity index (χ2n) is 5.82. The predicted molar refractivity (Wildman–Crippen MR) is 85.0 cm³/mol. The summed E-state index contributed by atoms with van der Waals surface area (Å²) in [5.41, 5.74) is 3.82. The van der Waals surface area contributed by atoms with Crippen LogP contribution in [0.2, 0.25) is 0 Å². The lowest BCUT2D eigenvalue weighted by Gasteiger charge is -2.28. The van der Waals surface area contributed by atoms with E-state index in [9.17, 15) is 0 Å². The zero-order valence-corrected chi connectivity index (χ0v) is 12.7. The van der Waals surface area contributed by atoms with E-state index in [2.05, 4.69) is 57.7 Å². The van der Waals surface area contributed by atoms with Crippen LogP contribution in [0.1, 0.15) is 35.7 Å². The molecule has 1 atom stereocenters. The van der Waals surface area contributed by atoms with Crippen LogP contribution in [0.3, 0.4) is 0 Å². The number of H-pyrrole nitrogens is 1. The van der Waals surface area contributed by atoms with Gasteiger partial charge in [0.25, 0.3) is 0 Å². The van der Waals surface area contributed by atoms with Gasteiger partial charge in [0, 0.05) is 30.4 Å². The Morgan fingerprint density at radius 2 is 2.00 bits per heavy atom. The maximum absolute atomic E-state index is 4.08. The van der Waals surface area contributed by atoms with Crippen molar-refractivity contribution in [1.29, 1.82) is 0 Å². The first kappa shape index (κ1) is 14.3. The fraction of sp³-hybridized carbons (Fsp3) is 0.471. The number of nitrogens with zero attached hydrogens (tertiary/aromatic N) is 2. The van der Waals surface area contributed by atoms with Crippen LogP contribution in [0.4, 0.5) is 0 Å². The zero-order chi connectivity index (χ0) is 14.5. The molecular weight excluding hydrogens is 260 g/mol. The minimum Gasteiger partial charge on any atom is -0.311 e. The summed E-state index contributed by atoms with van der Waals surface area (Å²) < 4.78 is 0. The minimum atomic E-state index is 0.473. The Hall–Kier alpha value is -1.65. The number of hydrogen-bond donors (Lipinski definition) is 2. The SMILES string of the molecule is Cc1[nH]ncc1CNC[C@H](c1ccccc1)N1CCCC1. The van der Waals surface area contributed by atoms with Crippen LogP contribution < -0.4 is 5.32 Å². The molecule has 0 spiro atoms. The molecule has 0 bridgehead atoms. The lowest BCUT2D eigenvalue weighted by Crippen LogP contribution is -2.34. The Kier molecular flexibility index (Phi) is 4.68. The summed E-state index contributed by atoms with van der Waals surface area (Å²) in [4.78, 5) is 2.60. The molecule has 2 heterocycles. The maximum Gasteiger partial charge on any atom is 0.0535 e. The lowest BCUT2D eigenvalue weighted by molar-refractivity contribution is 0.238. The van der Waals surface area contributed by atoms with Crippen molar-refractivity contribution in [2.24, 2.45) is 0 Å². The maximum atomic E-state index is 4.08. The van der Waals surface area contributed by atoms with E-state index in [0.717, 1.165) is 18.8 Å². The van der Waals surface area contributed by atoms with Crippen LogP contribution in [-0.4, -0.2) is 34.7 Å². The van der Waals surface area contributed by atoms with Gasteiger partial charge in [-0.1, -0.05) is 30.3 Å². The van der Waals surface area contributed by atoms with Crippen molar-refractivity contribution in [2.75, 3.05) is 19.6 Å². The summed E-state index contributed by atoms with van der Waals surface area (Å²) in [6.45, 7) is 6.35. The first-order chi connectivity index (χ1) is 10.3. The van der Waals surface area contributed by atoms with Gasteiger partial charge in [-0.2, -0.15) is 5.10 Å². The van der Waals surface area contributed by atoms with Gasteiger partial charge in [-0.05, 0) is 38.4 Å². The Morgan fingerprint density at radius 3 is 2.67 bits per heavy atom. The highest BCUT2D eigenvalue weighted by Gasteiger charge is 2.22. The standard InChI is InChI=1S/C17H24N4/c1-14-16(12-19-20-14)11-18-13-17(21-9-5-6-10-21)15-7-3-2-4-8-15/h2-4,7-8,12,17-18H,5-6,9-11,13H2,1H3,(H,19,20)/t17-/m1/s1. The summed E-state index contributed by atoms with van der Waals surface area (Å²) >= 11 is 0. The normalized spacial score (nSPS) is 17.2. The van der Waals surface area contributed by atoms with Crippen molar-refractivity contribution in [2.45, 2.75) is 32.4 Å². The molecule has 1 fully saturated rings. The molecule has 1 aromatic heterocycles. The van der Waals surface area contributed by atoms with Crippen LogP contribution in [-0.2, 0) is 6.54 Å². The molecule has 4 heteroatoms.